The first-order valence-corrected chi connectivity index (χ1v) is 16.9. The molecule has 8 nitrogen and oxygen atoms in total. The number of carbonyl (C=O) groups is 3. The largest absolute Gasteiger partial charge is 0.481 e. The van der Waals surface area contributed by atoms with Crippen LogP contribution in [0.25, 0.3) is 0 Å². The monoisotopic (exact) mass is 613 g/mol. The van der Waals surface area contributed by atoms with Crippen LogP contribution >= 0.6 is 0 Å². The van der Waals surface area contributed by atoms with Gasteiger partial charge in [-0.3, -0.25) is 14.4 Å². The third-order valence-corrected chi connectivity index (χ3v) is 11.1. The summed E-state index contributed by atoms with van der Waals surface area (Å²) in [5.74, 6) is 0.466. The van der Waals surface area contributed by atoms with Crippen LogP contribution in [0.4, 0.5) is 0 Å². The highest BCUT2D eigenvalue weighted by Gasteiger charge is 2.63. The molecule has 5 fully saturated rings. The molecule has 1 aliphatic heterocycles. The first-order valence-electron chi connectivity index (χ1n) is 16.9. The van der Waals surface area contributed by atoms with Gasteiger partial charge in [0.2, 0.25) is 17.7 Å². The predicted molar refractivity (Wildman–Crippen MR) is 174 cm³/mol. The molecule has 4 saturated carbocycles. The first kappa shape index (κ1) is 31.8. The second-order valence-corrected chi connectivity index (χ2v) is 14.4. The fourth-order valence-corrected chi connectivity index (χ4v) is 7.96. The maximum atomic E-state index is 14.1. The molecule has 1 heterocycles. The molecule has 240 valence electrons. The van der Waals surface area contributed by atoms with Crippen molar-refractivity contribution in [1.29, 1.82) is 0 Å². The molecule has 9 heteroatoms. The van der Waals surface area contributed by atoms with E-state index in [0.29, 0.717) is 37.0 Å². The Morgan fingerprint density at radius 2 is 1.53 bits per heavy atom. The van der Waals surface area contributed by atoms with E-state index in [0.717, 1.165) is 36.8 Å². The van der Waals surface area contributed by atoms with Crippen molar-refractivity contribution in [3.63, 3.8) is 0 Å². The Bertz CT molecular complexity index is 1340. The maximum Gasteiger partial charge on any atom is 0.481 e. The van der Waals surface area contributed by atoms with Crippen LogP contribution in [0.1, 0.15) is 76.8 Å². The number of hydrogen-bond donors (Lipinski definition) is 3. The molecule has 3 N–H and O–H groups in total. The summed E-state index contributed by atoms with van der Waals surface area (Å²) in [7, 11) is -0.495. The molecule has 1 saturated heterocycles. The number of rotatable bonds is 13. The second kappa shape index (κ2) is 13.7. The molecule has 2 unspecified atom stereocenters. The summed E-state index contributed by atoms with van der Waals surface area (Å²) in [6.45, 7) is 6.10. The van der Waals surface area contributed by atoms with Gasteiger partial charge in [0.25, 0.3) is 0 Å². The summed E-state index contributed by atoms with van der Waals surface area (Å²) in [6.07, 6.45) is 8.02. The number of hydrogen-bond acceptors (Lipinski definition) is 5. The smallest absolute Gasteiger partial charge is 0.404 e. The molecule has 4 aliphatic carbocycles. The van der Waals surface area contributed by atoms with E-state index in [9.17, 15) is 14.4 Å². The standard InChI is InChI=1S/C36H48BN3O5/c1-23(41)38-29(18-17-24-11-6-4-7-12-24)34(42)39-30(19-25-13-8-5-9-14-25)35(43)40-32(20-26-15-10-16-26)37-44-31-22-27-21-28(33(31)45-37)36(27,2)3/h4-9,11-14,26-33H,10,15-22H2,1-3H3,(H,38,41)(H,39,42)(H,40,43)/t27-,28+,29-,30-,31+,32?,33?/m0/s1. The number of benzene rings is 2. The Labute approximate surface area is 267 Å². The molecule has 0 radical (unpaired) electrons. The highest BCUT2D eigenvalue weighted by Crippen LogP contribution is 2.61. The molecule has 2 aromatic rings. The van der Waals surface area contributed by atoms with Crippen molar-refractivity contribution in [3.05, 3.63) is 71.8 Å². The zero-order valence-electron chi connectivity index (χ0n) is 26.9. The number of nitrogens with one attached hydrogen (secondary N) is 3. The lowest BCUT2D eigenvalue weighted by Gasteiger charge is -2.60. The molecule has 5 aliphatic rings. The fraction of sp³-hybridized carbons (Fsp3) is 0.583. The van der Waals surface area contributed by atoms with Gasteiger partial charge in [0.15, 0.2) is 0 Å². The van der Waals surface area contributed by atoms with Crippen LogP contribution < -0.4 is 16.0 Å². The van der Waals surface area contributed by atoms with E-state index in [-0.39, 0.29) is 41.3 Å². The van der Waals surface area contributed by atoms with Gasteiger partial charge in [-0.25, -0.2) is 0 Å². The Morgan fingerprint density at radius 3 is 2.16 bits per heavy atom. The Balaban J connectivity index is 1.17. The van der Waals surface area contributed by atoms with Crippen LogP contribution in [0.3, 0.4) is 0 Å². The third-order valence-electron chi connectivity index (χ3n) is 11.1. The molecule has 45 heavy (non-hydrogen) atoms. The number of amides is 3. The summed E-state index contributed by atoms with van der Waals surface area (Å²) < 4.78 is 13.2. The van der Waals surface area contributed by atoms with Gasteiger partial charge in [-0.05, 0) is 66.4 Å². The first-order chi connectivity index (χ1) is 21.7. The van der Waals surface area contributed by atoms with Gasteiger partial charge in [-0.2, -0.15) is 0 Å². The lowest BCUT2D eigenvalue weighted by molar-refractivity contribution is -0.150. The lowest BCUT2D eigenvalue weighted by atomic mass is 9.47. The van der Waals surface area contributed by atoms with Crippen LogP contribution in [0.5, 0.6) is 0 Å². The topological polar surface area (TPSA) is 106 Å². The molecule has 7 rings (SSSR count). The third kappa shape index (κ3) is 7.30. The van der Waals surface area contributed by atoms with E-state index >= 15 is 0 Å². The van der Waals surface area contributed by atoms with Crippen molar-refractivity contribution < 1.29 is 23.7 Å². The lowest BCUT2D eigenvalue weighted by Crippen LogP contribution is -2.59. The van der Waals surface area contributed by atoms with Gasteiger partial charge in [0, 0.05) is 13.3 Å². The van der Waals surface area contributed by atoms with E-state index in [1.54, 1.807) is 0 Å². The summed E-state index contributed by atoms with van der Waals surface area (Å²) in [6, 6.07) is 18.0. The van der Waals surface area contributed by atoms with E-state index in [2.05, 4.69) is 29.8 Å². The Kier molecular flexibility index (Phi) is 9.66. The number of carbonyl (C=O) groups excluding carboxylic acids is 3. The quantitative estimate of drug-likeness (QED) is 0.291. The highest BCUT2D eigenvalue weighted by molar-refractivity contribution is 6.47. The molecule has 0 aromatic heterocycles. The normalized spacial score (nSPS) is 26.8. The van der Waals surface area contributed by atoms with Crippen molar-refractivity contribution in [2.24, 2.45) is 23.2 Å². The van der Waals surface area contributed by atoms with Crippen molar-refractivity contribution >= 4 is 24.8 Å². The van der Waals surface area contributed by atoms with Gasteiger partial charge >= 0.3 is 7.12 Å². The zero-order valence-corrected chi connectivity index (χ0v) is 26.9. The van der Waals surface area contributed by atoms with Crippen LogP contribution in [0.2, 0.25) is 0 Å². The SMILES string of the molecule is CC(=O)N[C@@H](CCc1ccccc1)C(=O)N[C@@H](Cc1ccccc1)C(=O)NC(CC1CCC1)B1OC2[C@H]3C[C@@H](C[C@H]2O1)C3(C)C. The minimum absolute atomic E-state index is 0.0682. The van der Waals surface area contributed by atoms with Crippen LogP contribution in [-0.4, -0.2) is 55.1 Å². The van der Waals surface area contributed by atoms with Crippen molar-refractivity contribution in [2.45, 2.75) is 109 Å². The van der Waals surface area contributed by atoms with E-state index in [4.69, 9.17) is 9.31 Å². The van der Waals surface area contributed by atoms with Crippen molar-refractivity contribution in [1.82, 2.24) is 16.0 Å². The van der Waals surface area contributed by atoms with Crippen molar-refractivity contribution in [2.75, 3.05) is 0 Å². The van der Waals surface area contributed by atoms with Gasteiger partial charge < -0.3 is 25.3 Å². The minimum Gasteiger partial charge on any atom is -0.404 e. The minimum atomic E-state index is -0.827. The average molecular weight is 614 g/mol. The molecule has 7 atom stereocenters. The fourth-order valence-electron chi connectivity index (χ4n) is 7.96. The molecular formula is C36H48BN3O5. The van der Waals surface area contributed by atoms with Gasteiger partial charge in [-0.1, -0.05) is 93.8 Å². The maximum absolute atomic E-state index is 14.1. The van der Waals surface area contributed by atoms with E-state index < -0.39 is 19.2 Å². The van der Waals surface area contributed by atoms with E-state index in [1.165, 1.54) is 19.8 Å². The summed E-state index contributed by atoms with van der Waals surface area (Å²) in [4.78, 5) is 39.9. The van der Waals surface area contributed by atoms with Crippen LogP contribution in [-0.2, 0) is 36.5 Å². The Hall–Kier alpha value is -3.17. The van der Waals surface area contributed by atoms with Crippen molar-refractivity contribution in [3.8, 4) is 0 Å². The zero-order chi connectivity index (χ0) is 31.6. The molecular weight excluding hydrogens is 565 g/mol. The van der Waals surface area contributed by atoms with Crippen LogP contribution in [0, 0.1) is 23.2 Å². The summed E-state index contributed by atoms with van der Waals surface area (Å²) in [5, 5.41) is 9.11. The second-order valence-electron chi connectivity index (χ2n) is 14.4. The van der Waals surface area contributed by atoms with Gasteiger partial charge in [0.1, 0.15) is 12.1 Å². The van der Waals surface area contributed by atoms with Crippen LogP contribution in [0.15, 0.2) is 60.7 Å². The molecule has 2 aromatic carbocycles. The Morgan fingerprint density at radius 1 is 0.867 bits per heavy atom. The van der Waals surface area contributed by atoms with E-state index in [1.807, 2.05) is 60.7 Å². The number of aryl methyl sites for hydroxylation is 1. The average Bonchev–Trinajstić information content (AvgIpc) is 3.45. The van der Waals surface area contributed by atoms with Gasteiger partial charge in [-0.15, -0.1) is 0 Å². The molecule has 0 spiro atoms. The van der Waals surface area contributed by atoms with Gasteiger partial charge in [0.05, 0.1) is 18.1 Å². The summed E-state index contributed by atoms with van der Waals surface area (Å²) >= 11 is 0. The molecule has 3 amide bonds. The highest BCUT2D eigenvalue weighted by atomic mass is 16.7. The summed E-state index contributed by atoms with van der Waals surface area (Å²) in [5.41, 5.74) is 2.29. The molecule has 2 bridgehead atoms. The predicted octanol–water partition coefficient (Wildman–Crippen LogP) is 4.40.